The summed E-state index contributed by atoms with van der Waals surface area (Å²) in [5.41, 5.74) is 1.98. The van der Waals surface area contributed by atoms with Crippen molar-refractivity contribution in [2.45, 2.75) is 32.5 Å². The molecule has 0 spiro atoms. The zero-order chi connectivity index (χ0) is 20.4. The second kappa shape index (κ2) is 10.7. The summed E-state index contributed by atoms with van der Waals surface area (Å²) in [6, 6.07) is 13.7. The number of hydrogen-bond acceptors (Lipinski definition) is 5. The molecular weight excluding hydrogens is 376 g/mol. The molecule has 0 aliphatic heterocycles. The largest absolute Gasteiger partial charge is 0.473 e. The number of hydrogen-bond donors (Lipinski definition) is 2. The third kappa shape index (κ3) is 7.96. The van der Waals surface area contributed by atoms with E-state index in [2.05, 4.69) is 20.6 Å². The van der Waals surface area contributed by atoms with Gasteiger partial charge in [0.05, 0.1) is 5.75 Å². The Kier molecular flexibility index (Phi) is 8.25. The molecule has 0 saturated heterocycles. The van der Waals surface area contributed by atoms with Crippen molar-refractivity contribution in [1.82, 2.24) is 15.6 Å². The molecule has 1 aromatic carbocycles. The Balaban J connectivity index is 1.90. The molecule has 1 aromatic heterocycles. The van der Waals surface area contributed by atoms with Crippen molar-refractivity contribution in [3.05, 3.63) is 59.8 Å². The molecule has 0 fully saturated rings. The van der Waals surface area contributed by atoms with Gasteiger partial charge >= 0.3 is 0 Å². The maximum atomic E-state index is 11.3. The Bertz CT molecular complexity index is 870. The molecule has 152 valence electrons. The van der Waals surface area contributed by atoms with Crippen LogP contribution in [0.2, 0.25) is 0 Å². The maximum Gasteiger partial charge on any atom is 0.218 e. The minimum absolute atomic E-state index is 0.0244. The number of aliphatic imine (C=N–C) groups is 1. The lowest BCUT2D eigenvalue weighted by atomic mass is 10.2. The molecular formula is C20H28N4O3S. The van der Waals surface area contributed by atoms with E-state index < -0.39 is 9.84 Å². The van der Waals surface area contributed by atoms with Crippen molar-refractivity contribution >= 4 is 15.8 Å². The smallest absolute Gasteiger partial charge is 0.218 e. The van der Waals surface area contributed by atoms with E-state index in [4.69, 9.17) is 4.74 Å². The van der Waals surface area contributed by atoms with Crippen LogP contribution < -0.4 is 15.4 Å². The highest BCUT2D eigenvalue weighted by Crippen LogP contribution is 2.16. The van der Waals surface area contributed by atoms with E-state index in [1.807, 2.05) is 49.4 Å². The topological polar surface area (TPSA) is 92.7 Å². The highest BCUT2D eigenvalue weighted by molar-refractivity contribution is 7.90. The van der Waals surface area contributed by atoms with Gasteiger partial charge in [0.2, 0.25) is 5.88 Å². The fraction of sp³-hybridized carbons (Fsp3) is 0.400. The third-order valence-corrected chi connectivity index (χ3v) is 5.02. The summed E-state index contributed by atoms with van der Waals surface area (Å²) in [5.74, 6) is 1.30. The zero-order valence-electron chi connectivity index (χ0n) is 16.6. The fourth-order valence-electron chi connectivity index (χ4n) is 2.48. The Labute approximate surface area is 167 Å². The van der Waals surface area contributed by atoms with Crippen molar-refractivity contribution in [2.75, 3.05) is 19.1 Å². The number of guanidine groups is 1. The van der Waals surface area contributed by atoms with Crippen LogP contribution in [0, 0.1) is 0 Å². The Morgan fingerprint density at radius 2 is 1.96 bits per heavy atom. The second-order valence-electron chi connectivity index (χ2n) is 6.63. The standard InChI is InChI=1S/C20H28N4O3S/c1-16(11-13-28(3,25)26)24-20(21-2)23-14-18-10-7-12-22-19(18)27-15-17-8-5-4-6-9-17/h4-10,12,16H,11,13-15H2,1-3H3,(H2,21,23,24). The van der Waals surface area contributed by atoms with Gasteiger partial charge in [-0.05, 0) is 25.0 Å². The summed E-state index contributed by atoms with van der Waals surface area (Å²) in [4.78, 5) is 8.52. The van der Waals surface area contributed by atoms with Crippen LogP contribution in [0.1, 0.15) is 24.5 Å². The summed E-state index contributed by atoms with van der Waals surface area (Å²) < 4.78 is 28.5. The first-order valence-corrected chi connectivity index (χ1v) is 11.2. The number of nitrogens with zero attached hydrogens (tertiary/aromatic N) is 2. The minimum Gasteiger partial charge on any atom is -0.473 e. The van der Waals surface area contributed by atoms with Gasteiger partial charge in [0, 0.05) is 37.7 Å². The van der Waals surface area contributed by atoms with E-state index >= 15 is 0 Å². The molecule has 0 bridgehead atoms. The van der Waals surface area contributed by atoms with E-state index in [0.29, 0.717) is 31.4 Å². The SMILES string of the molecule is CN=C(NCc1cccnc1OCc1ccccc1)NC(C)CCS(C)(=O)=O. The third-order valence-electron chi connectivity index (χ3n) is 4.04. The fourth-order valence-corrected chi connectivity index (χ4v) is 3.27. The van der Waals surface area contributed by atoms with Gasteiger partial charge in [-0.25, -0.2) is 13.4 Å². The summed E-state index contributed by atoms with van der Waals surface area (Å²) in [7, 11) is -1.30. The average Bonchev–Trinajstić information content (AvgIpc) is 2.69. The minimum atomic E-state index is -2.98. The van der Waals surface area contributed by atoms with Crippen LogP contribution in [0.3, 0.4) is 0 Å². The molecule has 0 radical (unpaired) electrons. The predicted molar refractivity (Wildman–Crippen MR) is 112 cm³/mol. The normalized spacial score (nSPS) is 13.0. The number of ether oxygens (including phenoxy) is 1. The number of aromatic nitrogens is 1. The summed E-state index contributed by atoms with van der Waals surface area (Å²) in [5, 5.41) is 6.42. The molecule has 1 unspecified atom stereocenters. The van der Waals surface area contributed by atoms with E-state index in [-0.39, 0.29) is 11.8 Å². The van der Waals surface area contributed by atoms with Gasteiger partial charge in [0.1, 0.15) is 16.4 Å². The molecule has 2 N–H and O–H groups in total. The van der Waals surface area contributed by atoms with Crippen molar-refractivity contribution in [3.8, 4) is 5.88 Å². The van der Waals surface area contributed by atoms with Gasteiger partial charge in [-0.1, -0.05) is 36.4 Å². The van der Waals surface area contributed by atoms with Crippen LogP contribution in [0.15, 0.2) is 53.7 Å². The summed E-state index contributed by atoms with van der Waals surface area (Å²) in [6.45, 7) is 2.85. The van der Waals surface area contributed by atoms with Crippen LogP contribution in [0.25, 0.3) is 0 Å². The molecule has 1 atom stereocenters. The Hall–Kier alpha value is -2.61. The van der Waals surface area contributed by atoms with Crippen molar-refractivity contribution in [1.29, 1.82) is 0 Å². The molecule has 7 nitrogen and oxygen atoms in total. The van der Waals surface area contributed by atoms with Crippen LogP contribution >= 0.6 is 0 Å². The lowest BCUT2D eigenvalue weighted by Gasteiger charge is -2.18. The number of benzene rings is 1. The van der Waals surface area contributed by atoms with E-state index in [0.717, 1.165) is 11.1 Å². The van der Waals surface area contributed by atoms with Gasteiger partial charge in [0.25, 0.3) is 0 Å². The monoisotopic (exact) mass is 404 g/mol. The maximum absolute atomic E-state index is 11.3. The lowest BCUT2D eigenvalue weighted by molar-refractivity contribution is 0.290. The number of nitrogens with one attached hydrogen (secondary N) is 2. The Morgan fingerprint density at radius 1 is 1.21 bits per heavy atom. The zero-order valence-corrected chi connectivity index (χ0v) is 17.4. The summed E-state index contributed by atoms with van der Waals surface area (Å²) >= 11 is 0. The highest BCUT2D eigenvalue weighted by atomic mass is 32.2. The second-order valence-corrected chi connectivity index (χ2v) is 8.89. The molecule has 8 heteroatoms. The first kappa shape index (κ1) is 21.7. The first-order valence-electron chi connectivity index (χ1n) is 9.13. The van der Waals surface area contributed by atoms with Crippen molar-refractivity contribution < 1.29 is 13.2 Å². The van der Waals surface area contributed by atoms with Gasteiger partial charge in [0.15, 0.2) is 5.96 Å². The average molecular weight is 405 g/mol. The van der Waals surface area contributed by atoms with Gasteiger partial charge in [-0.3, -0.25) is 4.99 Å². The molecule has 0 saturated carbocycles. The predicted octanol–water partition coefficient (Wildman–Crippen LogP) is 2.15. The van der Waals surface area contributed by atoms with Crippen LogP contribution in [0.5, 0.6) is 5.88 Å². The number of sulfone groups is 1. The quantitative estimate of drug-likeness (QED) is 0.491. The van der Waals surface area contributed by atoms with E-state index in [9.17, 15) is 8.42 Å². The molecule has 2 aromatic rings. The number of pyridine rings is 1. The molecule has 1 heterocycles. The lowest BCUT2D eigenvalue weighted by Crippen LogP contribution is -2.42. The Morgan fingerprint density at radius 3 is 2.64 bits per heavy atom. The number of rotatable bonds is 9. The first-order chi connectivity index (χ1) is 13.4. The van der Waals surface area contributed by atoms with E-state index in [1.54, 1.807) is 13.2 Å². The summed E-state index contributed by atoms with van der Waals surface area (Å²) in [6.07, 6.45) is 3.45. The molecule has 28 heavy (non-hydrogen) atoms. The highest BCUT2D eigenvalue weighted by Gasteiger charge is 2.11. The molecule has 0 amide bonds. The van der Waals surface area contributed by atoms with Gasteiger partial charge < -0.3 is 15.4 Å². The van der Waals surface area contributed by atoms with Crippen molar-refractivity contribution in [2.24, 2.45) is 4.99 Å². The van der Waals surface area contributed by atoms with Crippen molar-refractivity contribution in [3.63, 3.8) is 0 Å². The van der Waals surface area contributed by atoms with Gasteiger partial charge in [-0.15, -0.1) is 0 Å². The molecule has 0 aliphatic carbocycles. The van der Waals surface area contributed by atoms with Crippen LogP contribution in [0.4, 0.5) is 0 Å². The van der Waals surface area contributed by atoms with Crippen LogP contribution in [-0.2, 0) is 23.0 Å². The van der Waals surface area contributed by atoms with Gasteiger partial charge in [-0.2, -0.15) is 0 Å². The molecule has 2 rings (SSSR count). The molecule has 0 aliphatic rings. The van der Waals surface area contributed by atoms with E-state index in [1.165, 1.54) is 6.26 Å². The van der Waals surface area contributed by atoms with Crippen LogP contribution in [-0.4, -0.2) is 44.5 Å².